The average Bonchev–Trinajstić information content (AvgIpc) is 3.62. The van der Waals surface area contributed by atoms with Gasteiger partial charge < -0.3 is 8.97 Å². The zero-order valence-electron chi connectivity index (χ0n) is 20.6. The Morgan fingerprint density at radius 3 is 1.66 bits per heavy atom. The maximum atomic E-state index is 2.47. The number of hydrogen-bond donors (Lipinski definition) is 0. The van der Waals surface area contributed by atoms with Crippen molar-refractivity contribution in [2.75, 3.05) is 0 Å². The highest BCUT2D eigenvalue weighted by Gasteiger charge is 2.23. The van der Waals surface area contributed by atoms with Crippen LogP contribution < -0.4 is 0 Å². The normalized spacial score (nSPS) is 12.2. The van der Waals surface area contributed by atoms with Crippen molar-refractivity contribution in [1.82, 2.24) is 8.97 Å². The van der Waals surface area contributed by atoms with Crippen LogP contribution in [0.5, 0.6) is 0 Å². The first-order valence-electron chi connectivity index (χ1n) is 13.1. The predicted octanol–water partition coefficient (Wildman–Crippen LogP) is 9.60. The van der Waals surface area contributed by atoms with Gasteiger partial charge in [0.05, 0.1) is 27.6 Å². The molecule has 0 spiro atoms. The quantitative estimate of drug-likeness (QED) is 0.232. The maximum absolute atomic E-state index is 2.47. The first-order valence-corrected chi connectivity index (χ1v) is 13.1. The van der Waals surface area contributed by atoms with Crippen molar-refractivity contribution in [3.8, 4) is 16.8 Å². The van der Waals surface area contributed by atoms with Crippen molar-refractivity contribution >= 4 is 59.9 Å². The second-order valence-electron chi connectivity index (χ2n) is 10.2. The minimum Gasteiger partial charge on any atom is -0.309 e. The fourth-order valence-electron chi connectivity index (χ4n) is 6.68. The van der Waals surface area contributed by atoms with Gasteiger partial charge in [-0.3, -0.25) is 0 Å². The Hall–Kier alpha value is -5.08. The monoisotopic (exact) mass is 482 g/mol. The van der Waals surface area contributed by atoms with E-state index in [0.717, 1.165) is 0 Å². The van der Waals surface area contributed by atoms with Crippen LogP contribution in [-0.2, 0) is 0 Å². The molecule has 38 heavy (non-hydrogen) atoms. The zero-order chi connectivity index (χ0) is 24.8. The lowest BCUT2D eigenvalue weighted by Gasteiger charge is -2.10. The molecule has 0 N–H and O–H groups in total. The number of para-hydroxylation sites is 3. The van der Waals surface area contributed by atoms with Gasteiger partial charge in [-0.05, 0) is 47.5 Å². The van der Waals surface area contributed by atoms with Crippen molar-refractivity contribution in [3.63, 3.8) is 0 Å². The lowest BCUT2D eigenvalue weighted by Crippen LogP contribution is -1.93. The largest absolute Gasteiger partial charge is 0.309 e. The Morgan fingerprint density at radius 2 is 0.921 bits per heavy atom. The lowest BCUT2D eigenvalue weighted by atomic mass is 10.0. The van der Waals surface area contributed by atoms with Gasteiger partial charge in [-0.2, -0.15) is 0 Å². The molecule has 2 nitrogen and oxygen atoms in total. The summed E-state index contributed by atoms with van der Waals surface area (Å²) in [6, 6.07) is 48.5. The summed E-state index contributed by atoms with van der Waals surface area (Å²) in [6.45, 7) is 0. The number of fused-ring (bicyclic) bond motifs is 10. The molecular weight excluding hydrogens is 460 g/mol. The molecule has 2 heteroatoms. The first-order chi connectivity index (χ1) is 18.9. The van der Waals surface area contributed by atoms with E-state index in [0.29, 0.717) is 0 Å². The van der Waals surface area contributed by atoms with Crippen molar-refractivity contribution in [3.05, 3.63) is 133 Å². The van der Waals surface area contributed by atoms with E-state index in [-0.39, 0.29) is 0 Å². The second-order valence-corrected chi connectivity index (χ2v) is 10.2. The van der Waals surface area contributed by atoms with Gasteiger partial charge in [-0.25, -0.2) is 0 Å². The molecule has 0 atom stereocenters. The minimum atomic E-state index is 1.18. The van der Waals surface area contributed by atoms with E-state index in [1.807, 2.05) is 0 Å². The summed E-state index contributed by atoms with van der Waals surface area (Å²) in [5.74, 6) is 0. The fraction of sp³-hybridized carbons (Fsp3) is 0. The first kappa shape index (κ1) is 20.0. The van der Waals surface area contributed by atoms with E-state index >= 15 is 0 Å². The van der Waals surface area contributed by atoms with Crippen LogP contribution >= 0.6 is 0 Å². The summed E-state index contributed by atoms with van der Waals surface area (Å²) >= 11 is 0. The Morgan fingerprint density at radius 1 is 0.368 bits per heavy atom. The molecule has 0 saturated carbocycles. The number of benzene rings is 6. The molecule has 0 aliphatic carbocycles. The third-order valence-corrected chi connectivity index (χ3v) is 8.24. The molecule has 0 radical (unpaired) electrons. The van der Waals surface area contributed by atoms with Crippen LogP contribution in [0.4, 0.5) is 0 Å². The summed E-state index contributed by atoms with van der Waals surface area (Å²) < 4.78 is 4.91. The van der Waals surface area contributed by atoms with E-state index < -0.39 is 0 Å². The highest BCUT2D eigenvalue weighted by molar-refractivity contribution is 6.35. The van der Waals surface area contributed by atoms with Crippen molar-refractivity contribution in [2.45, 2.75) is 0 Å². The third kappa shape index (κ3) is 2.47. The molecule has 0 unspecified atom stereocenters. The summed E-state index contributed by atoms with van der Waals surface area (Å²) in [4.78, 5) is 0. The molecule has 0 aliphatic rings. The van der Waals surface area contributed by atoms with Crippen molar-refractivity contribution < 1.29 is 0 Å². The van der Waals surface area contributed by atoms with Crippen LogP contribution in [-0.4, -0.2) is 8.97 Å². The highest BCUT2D eigenvalue weighted by atomic mass is 15.0. The van der Waals surface area contributed by atoms with Gasteiger partial charge in [0.2, 0.25) is 0 Å². The van der Waals surface area contributed by atoms with Crippen LogP contribution in [0.3, 0.4) is 0 Å². The summed E-state index contributed by atoms with van der Waals surface area (Å²) in [7, 11) is 0. The van der Waals surface area contributed by atoms with Gasteiger partial charge >= 0.3 is 0 Å². The van der Waals surface area contributed by atoms with Gasteiger partial charge in [-0.15, -0.1) is 0 Å². The molecule has 3 aromatic heterocycles. The van der Waals surface area contributed by atoms with E-state index in [1.54, 1.807) is 0 Å². The van der Waals surface area contributed by atoms with Crippen LogP contribution in [0, 0.1) is 0 Å². The molecule has 6 aromatic carbocycles. The minimum absolute atomic E-state index is 1.18. The summed E-state index contributed by atoms with van der Waals surface area (Å²) in [5.41, 5.74) is 9.99. The molecule has 176 valence electrons. The average molecular weight is 483 g/mol. The molecular formula is C36H22N2. The molecule has 0 amide bonds. The van der Waals surface area contributed by atoms with Gasteiger partial charge in [0.15, 0.2) is 0 Å². The highest BCUT2D eigenvalue weighted by Crippen LogP contribution is 2.46. The van der Waals surface area contributed by atoms with E-state index in [2.05, 4.69) is 142 Å². The van der Waals surface area contributed by atoms with Gasteiger partial charge in [-0.1, -0.05) is 97.1 Å². The standard InChI is InChI=1S/C36H22N2/c1-2-10-23(11-3-1)24-18-20-25(21-19-24)37-31-16-8-5-13-27(31)34-33(37)22-29-26-12-4-7-15-30(26)38-32-17-9-6-14-28(32)35(34)36(29)38/h1-22H. The van der Waals surface area contributed by atoms with Gasteiger partial charge in [0.25, 0.3) is 0 Å². The zero-order valence-corrected chi connectivity index (χ0v) is 20.6. The molecule has 3 heterocycles. The van der Waals surface area contributed by atoms with Crippen molar-refractivity contribution in [2.24, 2.45) is 0 Å². The number of hydrogen-bond acceptors (Lipinski definition) is 0. The summed E-state index contributed by atoms with van der Waals surface area (Å²) in [6.07, 6.45) is 0. The number of aromatic nitrogens is 2. The Kier molecular flexibility index (Phi) is 3.82. The molecule has 0 aliphatic heterocycles. The van der Waals surface area contributed by atoms with Crippen LogP contribution in [0.15, 0.2) is 133 Å². The summed E-state index contributed by atoms with van der Waals surface area (Å²) in [5, 5.41) is 7.89. The molecule has 0 saturated heterocycles. The second kappa shape index (κ2) is 7.24. The lowest BCUT2D eigenvalue weighted by molar-refractivity contribution is 1.18. The third-order valence-electron chi connectivity index (χ3n) is 8.24. The Bertz CT molecular complexity index is 2320. The number of nitrogens with zero attached hydrogens (tertiary/aromatic N) is 2. The van der Waals surface area contributed by atoms with E-state index in [9.17, 15) is 0 Å². The maximum Gasteiger partial charge on any atom is 0.0628 e. The van der Waals surface area contributed by atoms with Crippen LogP contribution in [0.1, 0.15) is 0 Å². The van der Waals surface area contributed by atoms with Crippen LogP contribution in [0.25, 0.3) is 76.7 Å². The van der Waals surface area contributed by atoms with E-state index in [1.165, 1.54) is 76.7 Å². The SMILES string of the molecule is c1ccc(-c2ccc(-n3c4ccccc4c4c5c6ccccc6n6c7ccccc7c(cc43)c56)cc2)cc1. The van der Waals surface area contributed by atoms with Crippen molar-refractivity contribution in [1.29, 1.82) is 0 Å². The van der Waals surface area contributed by atoms with Crippen LogP contribution in [0.2, 0.25) is 0 Å². The predicted molar refractivity (Wildman–Crippen MR) is 161 cm³/mol. The van der Waals surface area contributed by atoms with Gasteiger partial charge in [0.1, 0.15) is 0 Å². The van der Waals surface area contributed by atoms with E-state index in [4.69, 9.17) is 0 Å². The molecule has 9 rings (SSSR count). The molecule has 0 bridgehead atoms. The Labute approximate surface area is 218 Å². The van der Waals surface area contributed by atoms with Gasteiger partial charge in [0, 0.05) is 38.0 Å². The number of rotatable bonds is 2. The molecule has 0 fully saturated rings. The Balaban J connectivity index is 1.47. The topological polar surface area (TPSA) is 9.34 Å². The smallest absolute Gasteiger partial charge is 0.0628 e. The molecule has 9 aromatic rings. The fourth-order valence-corrected chi connectivity index (χ4v) is 6.68.